The van der Waals surface area contributed by atoms with Crippen molar-refractivity contribution in [2.24, 2.45) is 5.73 Å². The van der Waals surface area contributed by atoms with E-state index in [2.05, 4.69) is 5.16 Å². The standard InChI is InChI=1S/C10H7F2N3O/c11-5-1-2-6(7(12)3-5)9-4-8(10(13)14)15-16-9/h1-4H,(H3,13,14). The van der Waals surface area contributed by atoms with Crippen LogP contribution in [0.5, 0.6) is 0 Å². The van der Waals surface area contributed by atoms with E-state index in [0.717, 1.165) is 12.1 Å². The fourth-order valence-electron chi connectivity index (χ4n) is 1.22. The lowest BCUT2D eigenvalue weighted by atomic mass is 10.1. The first-order valence-corrected chi connectivity index (χ1v) is 4.34. The number of nitrogen functional groups attached to an aromatic ring is 1. The maximum atomic E-state index is 13.3. The van der Waals surface area contributed by atoms with E-state index in [0.29, 0.717) is 0 Å². The highest BCUT2D eigenvalue weighted by atomic mass is 19.1. The number of nitrogens with zero attached hydrogens (tertiary/aromatic N) is 1. The third kappa shape index (κ3) is 1.77. The highest BCUT2D eigenvalue weighted by Gasteiger charge is 2.13. The van der Waals surface area contributed by atoms with Gasteiger partial charge in [0.15, 0.2) is 5.76 Å². The predicted octanol–water partition coefficient (Wildman–Crippen LogP) is 1.90. The zero-order valence-electron chi connectivity index (χ0n) is 8.00. The molecule has 1 aromatic carbocycles. The van der Waals surface area contributed by atoms with E-state index < -0.39 is 11.6 Å². The SMILES string of the molecule is N=C(N)c1cc(-c2ccc(F)cc2F)on1. The molecular weight excluding hydrogens is 216 g/mol. The smallest absolute Gasteiger partial charge is 0.170 e. The number of aromatic nitrogens is 1. The summed E-state index contributed by atoms with van der Waals surface area (Å²) < 4.78 is 30.8. The van der Waals surface area contributed by atoms with Crippen molar-refractivity contribution in [3.8, 4) is 11.3 Å². The Balaban J connectivity index is 2.46. The van der Waals surface area contributed by atoms with E-state index >= 15 is 0 Å². The number of halogens is 2. The van der Waals surface area contributed by atoms with Crippen molar-refractivity contribution in [2.75, 3.05) is 0 Å². The molecule has 4 nitrogen and oxygen atoms in total. The van der Waals surface area contributed by atoms with Gasteiger partial charge in [0.25, 0.3) is 0 Å². The second kappa shape index (κ2) is 3.73. The summed E-state index contributed by atoms with van der Waals surface area (Å²) in [5.74, 6) is -1.61. The summed E-state index contributed by atoms with van der Waals surface area (Å²) in [5.41, 5.74) is 5.36. The second-order valence-electron chi connectivity index (χ2n) is 3.11. The predicted molar refractivity (Wildman–Crippen MR) is 52.9 cm³/mol. The lowest BCUT2D eigenvalue weighted by Crippen LogP contribution is -2.10. The first-order chi connectivity index (χ1) is 7.58. The highest BCUT2D eigenvalue weighted by molar-refractivity contribution is 5.93. The Kier molecular flexibility index (Phi) is 2.40. The van der Waals surface area contributed by atoms with Crippen LogP contribution in [0.3, 0.4) is 0 Å². The average Bonchev–Trinajstić information content (AvgIpc) is 2.66. The van der Waals surface area contributed by atoms with Gasteiger partial charge in [0.05, 0.1) is 5.56 Å². The summed E-state index contributed by atoms with van der Waals surface area (Å²) in [4.78, 5) is 0. The van der Waals surface area contributed by atoms with E-state index in [9.17, 15) is 8.78 Å². The highest BCUT2D eigenvalue weighted by Crippen LogP contribution is 2.23. The molecule has 1 aromatic heterocycles. The van der Waals surface area contributed by atoms with Crippen molar-refractivity contribution < 1.29 is 13.3 Å². The molecule has 0 aliphatic rings. The monoisotopic (exact) mass is 223 g/mol. The van der Waals surface area contributed by atoms with Crippen molar-refractivity contribution in [1.82, 2.24) is 5.16 Å². The van der Waals surface area contributed by atoms with Crippen LogP contribution in [-0.4, -0.2) is 11.0 Å². The van der Waals surface area contributed by atoms with Gasteiger partial charge >= 0.3 is 0 Å². The molecule has 0 unspecified atom stereocenters. The summed E-state index contributed by atoms with van der Waals surface area (Å²) in [6.45, 7) is 0. The molecule has 2 aromatic rings. The van der Waals surface area contributed by atoms with Gasteiger partial charge in [-0.15, -0.1) is 0 Å². The van der Waals surface area contributed by atoms with Gasteiger partial charge in [-0.3, -0.25) is 5.41 Å². The summed E-state index contributed by atoms with van der Waals surface area (Å²) in [7, 11) is 0. The van der Waals surface area contributed by atoms with Crippen molar-refractivity contribution >= 4 is 5.84 Å². The molecule has 0 amide bonds. The molecule has 0 saturated carbocycles. The molecule has 16 heavy (non-hydrogen) atoms. The Morgan fingerprint density at radius 2 is 2.06 bits per heavy atom. The van der Waals surface area contributed by atoms with Crippen molar-refractivity contribution in [3.63, 3.8) is 0 Å². The van der Waals surface area contributed by atoms with Crippen LogP contribution in [0.1, 0.15) is 5.69 Å². The first kappa shape index (κ1) is 10.3. The zero-order chi connectivity index (χ0) is 11.7. The molecule has 3 N–H and O–H groups in total. The van der Waals surface area contributed by atoms with Crippen LogP contribution in [0.25, 0.3) is 11.3 Å². The molecule has 0 aliphatic carbocycles. The number of benzene rings is 1. The number of amidine groups is 1. The summed E-state index contributed by atoms with van der Waals surface area (Å²) in [6, 6.07) is 4.40. The fourth-order valence-corrected chi connectivity index (χ4v) is 1.22. The first-order valence-electron chi connectivity index (χ1n) is 4.34. The molecule has 6 heteroatoms. The van der Waals surface area contributed by atoms with Crippen LogP contribution in [0.4, 0.5) is 8.78 Å². The zero-order valence-corrected chi connectivity index (χ0v) is 8.00. The Hall–Kier alpha value is -2.24. The summed E-state index contributed by atoms with van der Waals surface area (Å²) in [5, 5.41) is 10.6. The van der Waals surface area contributed by atoms with E-state index in [4.69, 9.17) is 15.7 Å². The molecule has 0 fully saturated rings. The normalized spacial score (nSPS) is 10.4. The van der Waals surface area contributed by atoms with Crippen LogP contribution < -0.4 is 5.73 Å². The van der Waals surface area contributed by atoms with Crippen molar-refractivity contribution in [1.29, 1.82) is 5.41 Å². The Morgan fingerprint density at radius 3 is 2.62 bits per heavy atom. The topological polar surface area (TPSA) is 75.9 Å². The fraction of sp³-hybridized carbons (Fsp3) is 0. The van der Waals surface area contributed by atoms with Crippen LogP contribution in [0, 0.1) is 17.0 Å². The van der Waals surface area contributed by atoms with Crippen LogP contribution >= 0.6 is 0 Å². The van der Waals surface area contributed by atoms with E-state index in [-0.39, 0.29) is 22.9 Å². The van der Waals surface area contributed by atoms with Crippen LogP contribution in [-0.2, 0) is 0 Å². The minimum absolute atomic E-state index is 0.0707. The van der Waals surface area contributed by atoms with Gasteiger partial charge in [-0.05, 0) is 12.1 Å². The Labute approximate surface area is 89.2 Å². The molecule has 2 rings (SSSR count). The largest absolute Gasteiger partial charge is 0.382 e. The third-order valence-electron chi connectivity index (χ3n) is 1.98. The number of hydrogen-bond donors (Lipinski definition) is 2. The molecular formula is C10H7F2N3O. The minimum Gasteiger partial charge on any atom is -0.382 e. The molecule has 0 radical (unpaired) electrons. The van der Waals surface area contributed by atoms with Crippen molar-refractivity contribution in [2.45, 2.75) is 0 Å². The van der Waals surface area contributed by atoms with E-state index in [1.165, 1.54) is 12.1 Å². The van der Waals surface area contributed by atoms with Gasteiger partial charge in [0.2, 0.25) is 0 Å². The molecule has 0 atom stereocenters. The number of hydrogen-bond acceptors (Lipinski definition) is 3. The lowest BCUT2D eigenvalue weighted by molar-refractivity contribution is 0.428. The molecule has 0 saturated heterocycles. The second-order valence-corrected chi connectivity index (χ2v) is 3.11. The van der Waals surface area contributed by atoms with Crippen LogP contribution in [0.2, 0.25) is 0 Å². The minimum atomic E-state index is -0.758. The number of rotatable bonds is 2. The van der Waals surface area contributed by atoms with Gasteiger partial charge in [0.1, 0.15) is 23.2 Å². The average molecular weight is 223 g/mol. The summed E-state index contributed by atoms with van der Waals surface area (Å²) >= 11 is 0. The summed E-state index contributed by atoms with van der Waals surface area (Å²) in [6.07, 6.45) is 0. The quantitative estimate of drug-likeness (QED) is 0.603. The third-order valence-corrected chi connectivity index (χ3v) is 1.98. The Bertz CT molecular complexity index is 551. The van der Waals surface area contributed by atoms with Crippen molar-refractivity contribution in [3.05, 3.63) is 41.6 Å². The number of nitrogens with one attached hydrogen (secondary N) is 1. The maximum Gasteiger partial charge on any atom is 0.170 e. The maximum absolute atomic E-state index is 13.3. The molecule has 82 valence electrons. The van der Waals surface area contributed by atoms with Gasteiger partial charge in [-0.25, -0.2) is 8.78 Å². The molecule has 0 bridgehead atoms. The molecule has 1 heterocycles. The van der Waals surface area contributed by atoms with E-state index in [1.54, 1.807) is 0 Å². The van der Waals surface area contributed by atoms with Crippen LogP contribution in [0.15, 0.2) is 28.8 Å². The van der Waals surface area contributed by atoms with Gasteiger partial charge in [-0.1, -0.05) is 5.16 Å². The molecule has 0 spiro atoms. The van der Waals surface area contributed by atoms with Gasteiger partial charge in [0, 0.05) is 12.1 Å². The molecule has 0 aliphatic heterocycles. The Morgan fingerprint density at radius 1 is 1.31 bits per heavy atom. The van der Waals surface area contributed by atoms with Gasteiger partial charge < -0.3 is 10.3 Å². The number of nitrogens with two attached hydrogens (primary N) is 1. The van der Waals surface area contributed by atoms with Gasteiger partial charge in [-0.2, -0.15) is 0 Å². The van der Waals surface area contributed by atoms with E-state index in [1.807, 2.05) is 0 Å². The lowest BCUT2D eigenvalue weighted by Gasteiger charge is -1.97.